The van der Waals surface area contributed by atoms with Gasteiger partial charge in [-0.2, -0.15) is 0 Å². The minimum Gasteiger partial charge on any atom is -0.393 e. The van der Waals surface area contributed by atoms with Crippen LogP contribution in [0.5, 0.6) is 0 Å². The predicted octanol–water partition coefficient (Wildman–Crippen LogP) is 0.532. The molecule has 1 aromatic rings. The van der Waals surface area contributed by atoms with Gasteiger partial charge in [0.25, 0.3) is 0 Å². The largest absolute Gasteiger partial charge is 0.393 e. The van der Waals surface area contributed by atoms with Gasteiger partial charge in [-0.3, -0.25) is 0 Å². The summed E-state index contributed by atoms with van der Waals surface area (Å²) in [6.07, 6.45) is 2.92. The lowest BCUT2D eigenvalue weighted by Gasteiger charge is -2.36. The first-order valence-electron chi connectivity index (χ1n) is 6.40. The van der Waals surface area contributed by atoms with Crippen LogP contribution >= 0.6 is 0 Å². The molecule has 1 aromatic heterocycles. The Hall–Kier alpha value is -1.40. The third kappa shape index (κ3) is 2.39. The van der Waals surface area contributed by atoms with Crippen molar-refractivity contribution in [3.8, 4) is 0 Å². The highest BCUT2D eigenvalue weighted by Crippen LogP contribution is 2.27. The Balaban J connectivity index is 2.28. The lowest BCUT2D eigenvalue weighted by molar-refractivity contribution is 0.0968. The Labute approximate surface area is 107 Å². The van der Waals surface area contributed by atoms with Crippen LogP contribution in [0.1, 0.15) is 25.8 Å². The summed E-state index contributed by atoms with van der Waals surface area (Å²) >= 11 is 0. The average Bonchev–Trinajstić information content (AvgIpc) is 2.40. The van der Waals surface area contributed by atoms with Crippen molar-refractivity contribution in [1.82, 2.24) is 9.97 Å². The van der Waals surface area contributed by atoms with Gasteiger partial charge in [-0.1, -0.05) is 13.8 Å². The SMILES string of the molecule is CCc1c(NN)ncnc1N1CCC(O)C(C)C1. The Kier molecular flexibility index (Phi) is 3.98. The van der Waals surface area contributed by atoms with Crippen LogP contribution in [-0.4, -0.2) is 34.3 Å². The van der Waals surface area contributed by atoms with Crippen molar-refractivity contribution in [2.45, 2.75) is 32.8 Å². The first-order chi connectivity index (χ1) is 8.67. The molecule has 6 nitrogen and oxygen atoms in total. The zero-order valence-corrected chi connectivity index (χ0v) is 10.9. The summed E-state index contributed by atoms with van der Waals surface area (Å²) in [5, 5.41) is 9.78. The van der Waals surface area contributed by atoms with E-state index in [9.17, 15) is 5.11 Å². The minimum atomic E-state index is -0.208. The third-order valence-corrected chi connectivity index (χ3v) is 3.57. The Bertz CT molecular complexity index is 411. The van der Waals surface area contributed by atoms with Crippen LogP contribution in [0.4, 0.5) is 11.6 Å². The number of nitrogens with two attached hydrogens (primary N) is 1. The lowest BCUT2D eigenvalue weighted by atomic mass is 9.96. The van der Waals surface area contributed by atoms with Crippen molar-refractivity contribution < 1.29 is 5.11 Å². The summed E-state index contributed by atoms with van der Waals surface area (Å²) in [7, 11) is 0. The molecular weight excluding hydrogens is 230 g/mol. The number of nitrogens with zero attached hydrogens (tertiary/aromatic N) is 3. The molecule has 0 saturated carbocycles. The molecule has 4 N–H and O–H groups in total. The van der Waals surface area contributed by atoms with Crippen molar-refractivity contribution in [2.75, 3.05) is 23.4 Å². The van der Waals surface area contributed by atoms with Crippen LogP contribution in [0, 0.1) is 5.92 Å². The average molecular weight is 251 g/mol. The van der Waals surface area contributed by atoms with E-state index < -0.39 is 0 Å². The first-order valence-corrected chi connectivity index (χ1v) is 6.40. The molecule has 2 atom stereocenters. The van der Waals surface area contributed by atoms with Gasteiger partial charge in [-0.05, 0) is 18.8 Å². The van der Waals surface area contributed by atoms with Gasteiger partial charge in [0.05, 0.1) is 6.10 Å². The highest BCUT2D eigenvalue weighted by atomic mass is 16.3. The quantitative estimate of drug-likeness (QED) is 0.536. The van der Waals surface area contributed by atoms with Crippen molar-refractivity contribution in [1.29, 1.82) is 0 Å². The number of hydrogen-bond donors (Lipinski definition) is 3. The number of anilines is 2. The molecule has 6 heteroatoms. The van der Waals surface area contributed by atoms with Crippen LogP contribution in [0.15, 0.2) is 6.33 Å². The van der Waals surface area contributed by atoms with E-state index in [-0.39, 0.29) is 12.0 Å². The summed E-state index contributed by atoms with van der Waals surface area (Å²) in [6, 6.07) is 0. The molecule has 2 unspecified atom stereocenters. The number of aromatic nitrogens is 2. The van der Waals surface area contributed by atoms with E-state index in [0.29, 0.717) is 5.82 Å². The Morgan fingerprint density at radius 1 is 1.56 bits per heavy atom. The number of nitrogens with one attached hydrogen (secondary N) is 1. The van der Waals surface area contributed by atoms with Gasteiger partial charge in [0.1, 0.15) is 18.0 Å². The van der Waals surface area contributed by atoms with Gasteiger partial charge >= 0.3 is 0 Å². The van der Waals surface area contributed by atoms with Crippen molar-refractivity contribution in [3.63, 3.8) is 0 Å². The minimum absolute atomic E-state index is 0.208. The molecule has 18 heavy (non-hydrogen) atoms. The van der Waals surface area contributed by atoms with Crippen LogP contribution < -0.4 is 16.2 Å². The summed E-state index contributed by atoms with van der Waals surface area (Å²) in [6.45, 7) is 5.76. The van der Waals surface area contributed by atoms with Crippen LogP contribution in [0.25, 0.3) is 0 Å². The van der Waals surface area contributed by atoms with Gasteiger partial charge < -0.3 is 15.4 Å². The van der Waals surface area contributed by atoms with Gasteiger partial charge in [0.15, 0.2) is 0 Å². The predicted molar refractivity (Wildman–Crippen MR) is 71.2 cm³/mol. The molecular formula is C12H21N5O. The molecule has 0 amide bonds. The van der Waals surface area contributed by atoms with Gasteiger partial charge in [-0.15, -0.1) is 0 Å². The standard InChI is InChI=1S/C12H21N5O/c1-3-9-11(16-13)14-7-15-12(9)17-5-4-10(18)8(2)6-17/h7-8,10,18H,3-6,13H2,1-2H3,(H,14,15,16). The fourth-order valence-corrected chi connectivity index (χ4v) is 2.45. The summed E-state index contributed by atoms with van der Waals surface area (Å²) in [5.74, 6) is 7.34. The molecule has 1 fully saturated rings. The Morgan fingerprint density at radius 2 is 2.33 bits per heavy atom. The molecule has 0 aliphatic carbocycles. The topological polar surface area (TPSA) is 87.3 Å². The van der Waals surface area contributed by atoms with E-state index in [1.54, 1.807) is 0 Å². The smallest absolute Gasteiger partial charge is 0.148 e. The zero-order chi connectivity index (χ0) is 13.1. The van der Waals surface area contributed by atoms with E-state index in [1.165, 1.54) is 6.33 Å². The fourth-order valence-electron chi connectivity index (χ4n) is 2.45. The molecule has 1 aliphatic rings. The van der Waals surface area contributed by atoms with Gasteiger partial charge in [0.2, 0.25) is 0 Å². The van der Waals surface area contributed by atoms with Gasteiger partial charge in [-0.25, -0.2) is 15.8 Å². The number of piperidine rings is 1. The molecule has 2 heterocycles. The van der Waals surface area contributed by atoms with E-state index in [2.05, 4.69) is 34.1 Å². The van der Waals surface area contributed by atoms with Crippen molar-refractivity contribution >= 4 is 11.6 Å². The molecule has 0 bridgehead atoms. The first kappa shape index (κ1) is 13.0. The molecule has 0 aromatic carbocycles. The second-order valence-corrected chi connectivity index (χ2v) is 4.80. The van der Waals surface area contributed by atoms with Gasteiger partial charge in [0, 0.05) is 18.7 Å². The second-order valence-electron chi connectivity index (χ2n) is 4.80. The van der Waals surface area contributed by atoms with Crippen LogP contribution in [0.3, 0.4) is 0 Å². The van der Waals surface area contributed by atoms with Crippen LogP contribution in [0.2, 0.25) is 0 Å². The normalized spacial score (nSPS) is 24.1. The third-order valence-electron chi connectivity index (χ3n) is 3.57. The highest BCUT2D eigenvalue weighted by Gasteiger charge is 2.26. The zero-order valence-electron chi connectivity index (χ0n) is 10.9. The maximum Gasteiger partial charge on any atom is 0.148 e. The van der Waals surface area contributed by atoms with E-state index >= 15 is 0 Å². The van der Waals surface area contributed by atoms with E-state index in [1.807, 2.05) is 0 Å². The number of rotatable bonds is 3. The van der Waals surface area contributed by atoms with Crippen molar-refractivity contribution in [2.24, 2.45) is 11.8 Å². The van der Waals surface area contributed by atoms with Crippen LogP contribution in [-0.2, 0) is 6.42 Å². The summed E-state index contributed by atoms with van der Waals surface area (Å²) in [5.41, 5.74) is 3.65. The maximum atomic E-state index is 9.78. The molecule has 100 valence electrons. The maximum absolute atomic E-state index is 9.78. The second kappa shape index (κ2) is 5.49. The molecule has 2 rings (SSSR count). The Morgan fingerprint density at radius 3 is 2.94 bits per heavy atom. The molecule has 0 spiro atoms. The fraction of sp³-hybridized carbons (Fsp3) is 0.667. The molecule has 0 radical (unpaired) electrons. The van der Waals surface area contributed by atoms with Crippen molar-refractivity contribution in [3.05, 3.63) is 11.9 Å². The van der Waals surface area contributed by atoms with E-state index in [4.69, 9.17) is 5.84 Å². The summed E-state index contributed by atoms with van der Waals surface area (Å²) in [4.78, 5) is 10.7. The van der Waals surface area contributed by atoms with E-state index in [0.717, 1.165) is 37.3 Å². The highest BCUT2D eigenvalue weighted by molar-refractivity contribution is 5.58. The molecule has 1 aliphatic heterocycles. The number of aliphatic hydroxyl groups excluding tert-OH is 1. The molecule has 1 saturated heterocycles. The number of aliphatic hydroxyl groups is 1. The summed E-state index contributed by atoms with van der Waals surface area (Å²) < 4.78 is 0. The lowest BCUT2D eigenvalue weighted by Crippen LogP contribution is -2.42. The monoisotopic (exact) mass is 251 g/mol. The number of hydrogen-bond acceptors (Lipinski definition) is 6. The number of hydrazine groups is 1. The number of nitrogen functional groups attached to an aromatic ring is 1.